The van der Waals surface area contributed by atoms with Gasteiger partial charge in [-0.05, 0) is 18.1 Å². The Kier molecular flexibility index (Phi) is 4.03. The van der Waals surface area contributed by atoms with Gasteiger partial charge in [-0.3, -0.25) is 10.1 Å². The average molecular weight is 349 g/mol. The van der Waals surface area contributed by atoms with Gasteiger partial charge in [0.05, 0.1) is 10.2 Å². The Labute approximate surface area is 148 Å². The Morgan fingerprint density at radius 3 is 2.80 bits per heavy atom. The van der Waals surface area contributed by atoms with E-state index in [4.69, 9.17) is 4.52 Å². The number of thiazole rings is 1. The van der Waals surface area contributed by atoms with E-state index in [2.05, 4.69) is 28.4 Å². The van der Waals surface area contributed by atoms with E-state index in [1.54, 1.807) is 6.07 Å². The van der Waals surface area contributed by atoms with Gasteiger partial charge in [0.15, 0.2) is 16.6 Å². The average Bonchev–Trinajstić information content (AvgIpc) is 3.29. The minimum atomic E-state index is -0.331. The molecule has 1 N–H and O–H groups in total. The number of benzene rings is 2. The number of rotatable bonds is 4. The SMILES string of the molecule is CCc1cccc2sc(NC(=O)c3cc(-c4ccccc4)on3)nc12. The van der Waals surface area contributed by atoms with Crippen LogP contribution in [0.1, 0.15) is 23.0 Å². The smallest absolute Gasteiger partial charge is 0.279 e. The van der Waals surface area contributed by atoms with E-state index in [9.17, 15) is 4.79 Å². The summed E-state index contributed by atoms with van der Waals surface area (Å²) in [5.74, 6) is 0.228. The summed E-state index contributed by atoms with van der Waals surface area (Å²) in [5, 5.41) is 7.24. The molecule has 0 spiro atoms. The zero-order valence-electron chi connectivity index (χ0n) is 13.5. The molecule has 2 aromatic carbocycles. The molecule has 2 aromatic heterocycles. The molecule has 124 valence electrons. The molecule has 2 heterocycles. The van der Waals surface area contributed by atoms with Crippen LogP contribution in [0.2, 0.25) is 0 Å². The Hall–Kier alpha value is -2.99. The van der Waals surface area contributed by atoms with Gasteiger partial charge in [0.25, 0.3) is 5.91 Å². The van der Waals surface area contributed by atoms with Crippen molar-refractivity contribution in [2.24, 2.45) is 0 Å². The lowest BCUT2D eigenvalue weighted by Gasteiger charge is -1.96. The van der Waals surface area contributed by atoms with Crippen molar-refractivity contribution in [3.63, 3.8) is 0 Å². The van der Waals surface area contributed by atoms with E-state index < -0.39 is 0 Å². The van der Waals surface area contributed by atoms with Crippen molar-refractivity contribution in [2.45, 2.75) is 13.3 Å². The molecule has 0 fully saturated rings. The fourth-order valence-corrected chi connectivity index (χ4v) is 3.54. The maximum Gasteiger partial charge on any atom is 0.279 e. The second-order valence-corrected chi connectivity index (χ2v) is 6.56. The van der Waals surface area contributed by atoms with Crippen molar-refractivity contribution in [1.82, 2.24) is 10.1 Å². The third-order valence-corrected chi connectivity index (χ3v) is 4.84. The van der Waals surface area contributed by atoms with Gasteiger partial charge in [-0.15, -0.1) is 0 Å². The number of carbonyl (C=O) groups is 1. The first-order valence-corrected chi connectivity index (χ1v) is 8.78. The van der Waals surface area contributed by atoms with Crippen LogP contribution in [0, 0.1) is 0 Å². The highest BCUT2D eigenvalue weighted by Gasteiger charge is 2.16. The number of aromatic nitrogens is 2. The third-order valence-electron chi connectivity index (χ3n) is 3.91. The predicted molar refractivity (Wildman–Crippen MR) is 98.9 cm³/mol. The highest BCUT2D eigenvalue weighted by molar-refractivity contribution is 7.22. The summed E-state index contributed by atoms with van der Waals surface area (Å²) in [6, 6.07) is 17.2. The second kappa shape index (κ2) is 6.49. The zero-order valence-corrected chi connectivity index (χ0v) is 14.3. The summed E-state index contributed by atoms with van der Waals surface area (Å²) in [6.45, 7) is 2.09. The summed E-state index contributed by atoms with van der Waals surface area (Å²) < 4.78 is 6.33. The van der Waals surface area contributed by atoms with Crippen LogP contribution in [-0.2, 0) is 6.42 Å². The fraction of sp³-hybridized carbons (Fsp3) is 0.105. The summed E-state index contributed by atoms with van der Waals surface area (Å²) >= 11 is 1.45. The van der Waals surface area contributed by atoms with Gasteiger partial charge in [-0.2, -0.15) is 0 Å². The third kappa shape index (κ3) is 3.04. The van der Waals surface area contributed by atoms with E-state index in [0.29, 0.717) is 10.9 Å². The molecule has 4 aromatic rings. The number of carbonyl (C=O) groups excluding carboxylic acids is 1. The lowest BCUT2D eigenvalue weighted by molar-refractivity contribution is 0.101. The molecule has 0 bridgehead atoms. The van der Waals surface area contributed by atoms with Gasteiger partial charge < -0.3 is 4.52 Å². The first-order valence-electron chi connectivity index (χ1n) is 7.96. The predicted octanol–water partition coefficient (Wildman–Crippen LogP) is 4.77. The number of nitrogens with one attached hydrogen (secondary N) is 1. The highest BCUT2D eigenvalue weighted by Crippen LogP contribution is 2.29. The van der Waals surface area contributed by atoms with Crippen molar-refractivity contribution in [2.75, 3.05) is 5.32 Å². The van der Waals surface area contributed by atoms with Crippen LogP contribution in [0.4, 0.5) is 5.13 Å². The van der Waals surface area contributed by atoms with Crippen molar-refractivity contribution in [3.05, 3.63) is 65.9 Å². The summed E-state index contributed by atoms with van der Waals surface area (Å²) in [4.78, 5) is 17.0. The minimum absolute atomic E-state index is 0.230. The van der Waals surface area contributed by atoms with Crippen molar-refractivity contribution >= 4 is 32.6 Å². The minimum Gasteiger partial charge on any atom is -0.355 e. The molecule has 0 radical (unpaired) electrons. The molecule has 0 saturated heterocycles. The van der Waals surface area contributed by atoms with Crippen LogP contribution >= 0.6 is 11.3 Å². The van der Waals surface area contributed by atoms with Gasteiger partial charge in [0.1, 0.15) is 0 Å². The number of amides is 1. The quantitative estimate of drug-likeness (QED) is 0.576. The normalized spacial score (nSPS) is 10.9. The van der Waals surface area contributed by atoms with E-state index in [1.807, 2.05) is 42.5 Å². The lowest BCUT2D eigenvalue weighted by Crippen LogP contribution is -2.11. The number of para-hydroxylation sites is 1. The van der Waals surface area contributed by atoms with E-state index in [-0.39, 0.29) is 11.6 Å². The van der Waals surface area contributed by atoms with Gasteiger partial charge in [-0.25, -0.2) is 4.98 Å². The van der Waals surface area contributed by atoms with Crippen LogP contribution in [-0.4, -0.2) is 16.0 Å². The van der Waals surface area contributed by atoms with Crippen LogP contribution in [0.3, 0.4) is 0 Å². The maximum absolute atomic E-state index is 12.4. The fourth-order valence-electron chi connectivity index (χ4n) is 2.63. The number of hydrogen-bond donors (Lipinski definition) is 1. The van der Waals surface area contributed by atoms with E-state index >= 15 is 0 Å². The molecule has 0 aliphatic carbocycles. The molecule has 0 saturated carbocycles. The number of aryl methyl sites for hydroxylation is 1. The Bertz CT molecular complexity index is 1040. The van der Waals surface area contributed by atoms with Crippen molar-refractivity contribution in [1.29, 1.82) is 0 Å². The van der Waals surface area contributed by atoms with Gasteiger partial charge >= 0.3 is 0 Å². The summed E-state index contributed by atoms with van der Waals surface area (Å²) in [5.41, 5.74) is 3.22. The van der Waals surface area contributed by atoms with Gasteiger partial charge in [0.2, 0.25) is 0 Å². The Morgan fingerprint density at radius 1 is 1.16 bits per heavy atom. The molecule has 0 unspecified atom stereocenters. The topological polar surface area (TPSA) is 68.0 Å². The highest BCUT2D eigenvalue weighted by atomic mass is 32.1. The molecule has 25 heavy (non-hydrogen) atoms. The molecule has 0 atom stereocenters. The molecule has 6 heteroatoms. The Morgan fingerprint density at radius 2 is 2.00 bits per heavy atom. The number of anilines is 1. The molecule has 0 aliphatic rings. The van der Waals surface area contributed by atoms with Gasteiger partial charge in [-0.1, -0.05) is 65.9 Å². The lowest BCUT2D eigenvalue weighted by atomic mass is 10.1. The molecule has 5 nitrogen and oxygen atoms in total. The van der Waals surface area contributed by atoms with Crippen molar-refractivity contribution in [3.8, 4) is 11.3 Å². The second-order valence-electron chi connectivity index (χ2n) is 5.53. The van der Waals surface area contributed by atoms with Crippen LogP contribution in [0.5, 0.6) is 0 Å². The van der Waals surface area contributed by atoms with Gasteiger partial charge in [0, 0.05) is 11.6 Å². The molecule has 0 aliphatic heterocycles. The monoisotopic (exact) mass is 349 g/mol. The zero-order chi connectivity index (χ0) is 17.2. The molecular weight excluding hydrogens is 334 g/mol. The first-order chi connectivity index (χ1) is 12.2. The van der Waals surface area contributed by atoms with Crippen LogP contribution < -0.4 is 5.32 Å². The Balaban J connectivity index is 1.57. The van der Waals surface area contributed by atoms with Crippen molar-refractivity contribution < 1.29 is 9.32 Å². The molecule has 4 rings (SSSR count). The standard InChI is InChI=1S/C19H15N3O2S/c1-2-12-9-6-10-16-17(12)20-19(25-16)21-18(23)14-11-15(24-22-14)13-7-4-3-5-8-13/h3-11H,2H2,1H3,(H,20,21,23). The van der Waals surface area contributed by atoms with E-state index in [1.165, 1.54) is 16.9 Å². The summed E-state index contributed by atoms with van der Waals surface area (Å²) in [6.07, 6.45) is 0.901. The summed E-state index contributed by atoms with van der Waals surface area (Å²) in [7, 11) is 0. The number of hydrogen-bond acceptors (Lipinski definition) is 5. The maximum atomic E-state index is 12.4. The molecule has 1 amide bonds. The first kappa shape index (κ1) is 15.5. The number of nitrogens with zero attached hydrogens (tertiary/aromatic N) is 2. The van der Waals surface area contributed by atoms with Crippen LogP contribution in [0.25, 0.3) is 21.5 Å². The number of fused-ring (bicyclic) bond motifs is 1. The molecular formula is C19H15N3O2S. The largest absolute Gasteiger partial charge is 0.355 e. The van der Waals surface area contributed by atoms with E-state index in [0.717, 1.165) is 22.2 Å². The van der Waals surface area contributed by atoms with Crippen LogP contribution in [0.15, 0.2) is 59.1 Å².